The summed E-state index contributed by atoms with van der Waals surface area (Å²) in [6.45, 7) is 3.86. The lowest BCUT2D eigenvalue weighted by Gasteiger charge is -2.09. The van der Waals surface area contributed by atoms with Crippen LogP contribution < -0.4 is 15.4 Å². The van der Waals surface area contributed by atoms with E-state index in [-0.39, 0.29) is 5.91 Å². The fraction of sp³-hybridized carbons (Fsp3) is 0.150. The molecule has 6 heteroatoms. The molecular formula is C20H20N4O2. The lowest BCUT2D eigenvalue weighted by atomic mass is 10.2. The van der Waals surface area contributed by atoms with Crippen LogP contribution in [0.3, 0.4) is 0 Å². The first-order valence-electron chi connectivity index (χ1n) is 8.18. The van der Waals surface area contributed by atoms with Gasteiger partial charge < -0.3 is 15.4 Å². The van der Waals surface area contributed by atoms with Gasteiger partial charge >= 0.3 is 0 Å². The van der Waals surface area contributed by atoms with Gasteiger partial charge in [0.1, 0.15) is 5.75 Å². The van der Waals surface area contributed by atoms with Gasteiger partial charge in [0, 0.05) is 28.3 Å². The van der Waals surface area contributed by atoms with Crippen molar-refractivity contribution in [3.63, 3.8) is 0 Å². The molecule has 0 aliphatic carbocycles. The number of hydrogen-bond acceptors (Lipinski definition) is 5. The topological polar surface area (TPSA) is 76.1 Å². The maximum Gasteiger partial charge on any atom is 0.255 e. The number of hydrogen-bond donors (Lipinski definition) is 2. The average Bonchev–Trinajstić information content (AvgIpc) is 2.62. The molecule has 26 heavy (non-hydrogen) atoms. The van der Waals surface area contributed by atoms with Crippen LogP contribution in [0.15, 0.2) is 54.6 Å². The Bertz CT molecular complexity index is 903. The number of carbonyl (C=O) groups is 1. The third-order valence-electron chi connectivity index (χ3n) is 3.71. The first-order chi connectivity index (χ1) is 12.5. The van der Waals surface area contributed by atoms with Crippen molar-refractivity contribution in [1.82, 2.24) is 9.97 Å². The van der Waals surface area contributed by atoms with E-state index in [2.05, 4.69) is 20.6 Å². The molecule has 0 spiro atoms. The number of carbonyl (C=O) groups excluding carboxylic acids is 1. The van der Waals surface area contributed by atoms with Gasteiger partial charge in [-0.15, -0.1) is 0 Å². The van der Waals surface area contributed by atoms with Crippen LogP contribution >= 0.6 is 0 Å². The van der Waals surface area contributed by atoms with Gasteiger partial charge in [-0.1, -0.05) is 6.07 Å². The molecule has 0 saturated heterocycles. The van der Waals surface area contributed by atoms with E-state index in [9.17, 15) is 4.79 Å². The summed E-state index contributed by atoms with van der Waals surface area (Å²) in [5.74, 6) is 1.00. The Balaban J connectivity index is 1.68. The summed E-state index contributed by atoms with van der Waals surface area (Å²) in [5.41, 5.74) is 3.89. The SMILES string of the molecule is COc1cccc(C(=O)Nc2ccc(Nc3nc(C)cc(C)n3)cc2)c1. The molecule has 6 nitrogen and oxygen atoms in total. The molecule has 2 aromatic carbocycles. The average molecular weight is 348 g/mol. The molecule has 3 rings (SSSR count). The Morgan fingerprint density at radius 2 is 1.58 bits per heavy atom. The highest BCUT2D eigenvalue weighted by Gasteiger charge is 2.07. The van der Waals surface area contributed by atoms with E-state index in [1.807, 2.05) is 44.2 Å². The second-order valence-corrected chi connectivity index (χ2v) is 5.86. The van der Waals surface area contributed by atoms with Gasteiger partial charge in [-0.2, -0.15) is 0 Å². The monoisotopic (exact) mass is 348 g/mol. The molecule has 2 N–H and O–H groups in total. The Labute approximate surface area is 152 Å². The number of anilines is 3. The van der Waals surface area contributed by atoms with Crippen LogP contribution in [0.1, 0.15) is 21.7 Å². The lowest BCUT2D eigenvalue weighted by Crippen LogP contribution is -2.11. The number of rotatable bonds is 5. The zero-order chi connectivity index (χ0) is 18.5. The number of aryl methyl sites for hydroxylation is 2. The molecule has 132 valence electrons. The van der Waals surface area contributed by atoms with E-state index in [1.54, 1.807) is 31.4 Å². The van der Waals surface area contributed by atoms with Crippen molar-refractivity contribution < 1.29 is 9.53 Å². The molecule has 1 amide bonds. The van der Waals surface area contributed by atoms with Crippen LogP contribution in [-0.4, -0.2) is 23.0 Å². The van der Waals surface area contributed by atoms with E-state index in [1.165, 1.54) is 0 Å². The summed E-state index contributed by atoms with van der Waals surface area (Å²) < 4.78 is 5.14. The quantitative estimate of drug-likeness (QED) is 0.726. The van der Waals surface area contributed by atoms with Crippen molar-refractivity contribution in [2.75, 3.05) is 17.7 Å². The standard InChI is InChI=1S/C20H20N4O2/c1-13-11-14(2)22-20(21-13)24-17-9-7-16(8-10-17)23-19(25)15-5-4-6-18(12-15)26-3/h4-12H,1-3H3,(H,23,25)(H,21,22,24). The highest BCUT2D eigenvalue weighted by Crippen LogP contribution is 2.19. The molecule has 0 unspecified atom stereocenters. The summed E-state index contributed by atoms with van der Waals surface area (Å²) in [4.78, 5) is 21.0. The van der Waals surface area contributed by atoms with Crippen LogP contribution in [-0.2, 0) is 0 Å². The van der Waals surface area contributed by atoms with E-state index >= 15 is 0 Å². The largest absolute Gasteiger partial charge is 0.497 e. The highest BCUT2D eigenvalue weighted by molar-refractivity contribution is 6.04. The second kappa shape index (κ2) is 7.65. The molecule has 0 aliphatic heterocycles. The number of methoxy groups -OCH3 is 1. The second-order valence-electron chi connectivity index (χ2n) is 5.86. The van der Waals surface area contributed by atoms with Crippen LogP contribution in [0.25, 0.3) is 0 Å². The fourth-order valence-corrected chi connectivity index (χ4v) is 2.52. The third kappa shape index (κ3) is 4.36. The van der Waals surface area contributed by atoms with E-state index < -0.39 is 0 Å². The van der Waals surface area contributed by atoms with Gasteiger partial charge in [0.25, 0.3) is 5.91 Å². The summed E-state index contributed by atoms with van der Waals surface area (Å²) in [7, 11) is 1.57. The van der Waals surface area contributed by atoms with E-state index in [0.717, 1.165) is 17.1 Å². The summed E-state index contributed by atoms with van der Waals surface area (Å²) in [6.07, 6.45) is 0. The van der Waals surface area contributed by atoms with E-state index in [4.69, 9.17) is 4.74 Å². The van der Waals surface area contributed by atoms with Crippen molar-refractivity contribution >= 4 is 23.2 Å². The summed E-state index contributed by atoms with van der Waals surface area (Å²) in [6, 6.07) is 16.3. The minimum atomic E-state index is -0.192. The Hall–Kier alpha value is -3.41. The number of nitrogens with zero attached hydrogens (tertiary/aromatic N) is 2. The van der Waals surface area contributed by atoms with Gasteiger partial charge in [0.2, 0.25) is 5.95 Å². The highest BCUT2D eigenvalue weighted by atomic mass is 16.5. The number of aromatic nitrogens is 2. The number of amides is 1. The predicted octanol–water partition coefficient (Wildman–Crippen LogP) is 4.10. The summed E-state index contributed by atoms with van der Waals surface area (Å²) >= 11 is 0. The van der Waals surface area contributed by atoms with Crippen LogP contribution in [0, 0.1) is 13.8 Å². The Morgan fingerprint density at radius 3 is 2.23 bits per heavy atom. The fourth-order valence-electron chi connectivity index (χ4n) is 2.52. The van der Waals surface area contributed by atoms with Crippen LogP contribution in [0.4, 0.5) is 17.3 Å². The first-order valence-corrected chi connectivity index (χ1v) is 8.18. The lowest BCUT2D eigenvalue weighted by molar-refractivity contribution is 0.102. The number of ether oxygens (including phenoxy) is 1. The Kier molecular flexibility index (Phi) is 5.12. The van der Waals surface area contributed by atoms with Crippen molar-refractivity contribution in [3.05, 3.63) is 71.5 Å². The van der Waals surface area contributed by atoms with Crippen molar-refractivity contribution in [1.29, 1.82) is 0 Å². The van der Waals surface area contributed by atoms with Gasteiger partial charge in [0.05, 0.1) is 7.11 Å². The summed E-state index contributed by atoms with van der Waals surface area (Å²) in [5, 5.41) is 6.03. The molecule has 3 aromatic rings. The molecule has 0 saturated carbocycles. The van der Waals surface area contributed by atoms with Crippen molar-refractivity contribution in [2.24, 2.45) is 0 Å². The van der Waals surface area contributed by atoms with Gasteiger partial charge in [-0.25, -0.2) is 9.97 Å². The normalized spacial score (nSPS) is 10.3. The van der Waals surface area contributed by atoms with Crippen LogP contribution in [0.5, 0.6) is 5.75 Å². The molecule has 0 atom stereocenters. The molecule has 0 bridgehead atoms. The molecule has 0 fully saturated rings. The molecule has 1 aromatic heterocycles. The zero-order valence-electron chi connectivity index (χ0n) is 14.9. The van der Waals surface area contributed by atoms with Gasteiger partial charge in [-0.3, -0.25) is 4.79 Å². The van der Waals surface area contributed by atoms with Crippen molar-refractivity contribution in [3.8, 4) is 5.75 Å². The predicted molar refractivity (Wildman–Crippen MR) is 102 cm³/mol. The third-order valence-corrected chi connectivity index (χ3v) is 3.71. The number of benzene rings is 2. The minimum absolute atomic E-state index is 0.192. The molecular weight excluding hydrogens is 328 g/mol. The van der Waals surface area contributed by atoms with Gasteiger partial charge in [0.15, 0.2) is 0 Å². The van der Waals surface area contributed by atoms with Crippen molar-refractivity contribution in [2.45, 2.75) is 13.8 Å². The maximum absolute atomic E-state index is 12.3. The smallest absolute Gasteiger partial charge is 0.255 e. The Morgan fingerprint density at radius 1 is 0.923 bits per heavy atom. The first kappa shape index (κ1) is 17.4. The molecule has 0 aliphatic rings. The zero-order valence-corrected chi connectivity index (χ0v) is 14.9. The number of nitrogens with one attached hydrogen (secondary N) is 2. The van der Waals surface area contributed by atoms with Gasteiger partial charge in [-0.05, 0) is 62.4 Å². The van der Waals surface area contributed by atoms with Crippen LogP contribution in [0.2, 0.25) is 0 Å². The molecule has 0 radical (unpaired) electrons. The van der Waals surface area contributed by atoms with E-state index in [0.29, 0.717) is 22.9 Å². The minimum Gasteiger partial charge on any atom is -0.497 e. The maximum atomic E-state index is 12.3. The molecule has 1 heterocycles.